The summed E-state index contributed by atoms with van der Waals surface area (Å²) in [4.78, 5) is 14.0. The molecule has 0 aromatic carbocycles. The summed E-state index contributed by atoms with van der Waals surface area (Å²) >= 11 is 0. The summed E-state index contributed by atoms with van der Waals surface area (Å²) in [7, 11) is 0. The van der Waals surface area contributed by atoms with Gasteiger partial charge in [-0.15, -0.1) is 0 Å². The Balaban J connectivity index is 2.23. The molecular weight excluding hydrogens is 238 g/mol. The topological polar surface area (TPSA) is 44.4 Å². The van der Waals surface area contributed by atoms with Crippen molar-refractivity contribution in [2.24, 2.45) is 5.92 Å². The molecule has 0 aromatic rings. The molecular formula is C15H31N3O. The van der Waals surface area contributed by atoms with Crippen molar-refractivity contribution in [1.82, 2.24) is 15.5 Å². The minimum absolute atomic E-state index is 0.158. The van der Waals surface area contributed by atoms with E-state index in [9.17, 15) is 4.79 Å². The number of nitrogens with zero attached hydrogens (tertiary/aromatic N) is 1. The van der Waals surface area contributed by atoms with Gasteiger partial charge in [-0.25, -0.2) is 0 Å². The van der Waals surface area contributed by atoms with Gasteiger partial charge >= 0.3 is 0 Å². The van der Waals surface area contributed by atoms with Crippen molar-refractivity contribution >= 4 is 5.91 Å². The van der Waals surface area contributed by atoms with Gasteiger partial charge in [-0.2, -0.15) is 0 Å². The molecule has 1 atom stereocenters. The molecule has 0 spiro atoms. The number of piperidine rings is 1. The average molecular weight is 269 g/mol. The first-order valence-electron chi connectivity index (χ1n) is 7.78. The Labute approximate surface area is 118 Å². The van der Waals surface area contributed by atoms with E-state index in [0.717, 1.165) is 25.6 Å². The van der Waals surface area contributed by atoms with E-state index in [1.807, 2.05) is 13.8 Å². The lowest BCUT2D eigenvalue weighted by atomic mass is 9.90. The number of carbonyl (C=O) groups excluding carboxylic acids is 1. The average Bonchev–Trinajstić information content (AvgIpc) is 2.35. The number of rotatable bonds is 7. The quantitative estimate of drug-likeness (QED) is 0.738. The molecule has 1 heterocycles. The van der Waals surface area contributed by atoms with Crippen LogP contribution < -0.4 is 10.6 Å². The highest BCUT2D eigenvalue weighted by molar-refractivity contribution is 5.78. The minimum atomic E-state index is 0.158. The molecule has 0 radical (unpaired) electrons. The third-order valence-corrected chi connectivity index (χ3v) is 3.87. The van der Waals surface area contributed by atoms with Crippen molar-refractivity contribution in [3.63, 3.8) is 0 Å². The number of carbonyl (C=O) groups is 1. The van der Waals surface area contributed by atoms with Gasteiger partial charge < -0.3 is 10.6 Å². The first kappa shape index (κ1) is 16.4. The lowest BCUT2D eigenvalue weighted by molar-refractivity contribution is -0.123. The first-order valence-corrected chi connectivity index (χ1v) is 7.78. The van der Waals surface area contributed by atoms with E-state index in [1.165, 1.54) is 19.3 Å². The number of amides is 1. The van der Waals surface area contributed by atoms with Crippen LogP contribution in [0.3, 0.4) is 0 Å². The molecule has 1 unspecified atom stereocenters. The number of likely N-dealkylation sites (tertiary alicyclic amines) is 1. The van der Waals surface area contributed by atoms with E-state index in [1.54, 1.807) is 0 Å². The molecule has 1 aliphatic rings. The Hall–Kier alpha value is -0.610. The van der Waals surface area contributed by atoms with Gasteiger partial charge in [-0.05, 0) is 65.6 Å². The smallest absolute Gasteiger partial charge is 0.234 e. The Morgan fingerprint density at radius 2 is 1.89 bits per heavy atom. The van der Waals surface area contributed by atoms with Gasteiger partial charge in [0.1, 0.15) is 0 Å². The molecule has 1 saturated heterocycles. The SMILES string of the molecule is CCCNC(C)C1CCN(CC(=O)NC(C)C)CC1. The van der Waals surface area contributed by atoms with E-state index in [-0.39, 0.29) is 11.9 Å². The molecule has 19 heavy (non-hydrogen) atoms. The zero-order valence-electron chi connectivity index (χ0n) is 13.0. The number of hydrogen-bond donors (Lipinski definition) is 2. The summed E-state index contributed by atoms with van der Waals surface area (Å²) in [6, 6.07) is 0.842. The van der Waals surface area contributed by atoms with Gasteiger partial charge in [0.25, 0.3) is 0 Å². The van der Waals surface area contributed by atoms with Crippen LogP contribution in [0.15, 0.2) is 0 Å². The van der Waals surface area contributed by atoms with Crippen LogP contribution in [0, 0.1) is 5.92 Å². The van der Waals surface area contributed by atoms with E-state index in [4.69, 9.17) is 0 Å². The normalized spacial score (nSPS) is 19.6. The number of hydrogen-bond acceptors (Lipinski definition) is 3. The highest BCUT2D eigenvalue weighted by Crippen LogP contribution is 2.20. The minimum Gasteiger partial charge on any atom is -0.353 e. The lowest BCUT2D eigenvalue weighted by Gasteiger charge is -2.35. The van der Waals surface area contributed by atoms with Crippen LogP contribution in [-0.4, -0.2) is 49.1 Å². The van der Waals surface area contributed by atoms with Gasteiger partial charge in [0.05, 0.1) is 6.54 Å². The molecule has 1 amide bonds. The van der Waals surface area contributed by atoms with Crippen molar-refractivity contribution in [3.8, 4) is 0 Å². The molecule has 0 saturated carbocycles. The van der Waals surface area contributed by atoms with E-state index in [2.05, 4.69) is 29.4 Å². The van der Waals surface area contributed by atoms with Crippen molar-refractivity contribution in [1.29, 1.82) is 0 Å². The monoisotopic (exact) mass is 269 g/mol. The highest BCUT2D eigenvalue weighted by atomic mass is 16.2. The molecule has 0 aliphatic carbocycles. The standard InChI is InChI=1S/C15H31N3O/c1-5-8-16-13(4)14-6-9-18(10-7-14)11-15(19)17-12(2)3/h12-14,16H,5-11H2,1-4H3,(H,17,19). The number of nitrogens with one attached hydrogen (secondary N) is 2. The fourth-order valence-corrected chi connectivity index (χ4v) is 2.72. The molecule has 4 nitrogen and oxygen atoms in total. The predicted octanol–water partition coefficient (Wildman–Crippen LogP) is 1.61. The summed E-state index contributed by atoms with van der Waals surface area (Å²) in [5, 5.41) is 6.54. The van der Waals surface area contributed by atoms with Crippen LogP contribution >= 0.6 is 0 Å². The van der Waals surface area contributed by atoms with Gasteiger partial charge in [0.2, 0.25) is 5.91 Å². The zero-order valence-corrected chi connectivity index (χ0v) is 13.0. The van der Waals surface area contributed by atoms with E-state index >= 15 is 0 Å². The highest BCUT2D eigenvalue weighted by Gasteiger charge is 2.24. The molecule has 2 N–H and O–H groups in total. The molecule has 112 valence electrons. The third kappa shape index (κ3) is 6.39. The summed E-state index contributed by atoms with van der Waals surface area (Å²) < 4.78 is 0. The molecule has 1 aliphatic heterocycles. The Kier molecular flexibility index (Phi) is 7.39. The van der Waals surface area contributed by atoms with E-state index in [0.29, 0.717) is 12.6 Å². The Bertz CT molecular complexity index is 260. The van der Waals surface area contributed by atoms with Gasteiger partial charge in [0.15, 0.2) is 0 Å². The zero-order chi connectivity index (χ0) is 14.3. The van der Waals surface area contributed by atoms with Crippen molar-refractivity contribution < 1.29 is 4.79 Å². The maximum atomic E-state index is 11.7. The fraction of sp³-hybridized carbons (Fsp3) is 0.933. The summed E-state index contributed by atoms with van der Waals surface area (Å²) in [6.45, 7) is 12.3. The molecule has 1 rings (SSSR count). The van der Waals surface area contributed by atoms with Crippen LogP contribution in [0.2, 0.25) is 0 Å². The van der Waals surface area contributed by atoms with Gasteiger partial charge in [0, 0.05) is 12.1 Å². The van der Waals surface area contributed by atoms with Crippen molar-refractivity contribution in [3.05, 3.63) is 0 Å². The van der Waals surface area contributed by atoms with Crippen LogP contribution in [0.5, 0.6) is 0 Å². The Morgan fingerprint density at radius 3 is 2.42 bits per heavy atom. The Morgan fingerprint density at radius 1 is 1.26 bits per heavy atom. The largest absolute Gasteiger partial charge is 0.353 e. The van der Waals surface area contributed by atoms with Gasteiger partial charge in [-0.1, -0.05) is 6.92 Å². The fourth-order valence-electron chi connectivity index (χ4n) is 2.72. The summed E-state index contributed by atoms with van der Waals surface area (Å²) in [5.41, 5.74) is 0. The second kappa shape index (κ2) is 8.54. The van der Waals surface area contributed by atoms with Gasteiger partial charge in [-0.3, -0.25) is 9.69 Å². The first-order chi connectivity index (χ1) is 9.02. The van der Waals surface area contributed by atoms with Crippen LogP contribution in [-0.2, 0) is 4.79 Å². The maximum absolute atomic E-state index is 11.7. The molecule has 0 bridgehead atoms. The van der Waals surface area contributed by atoms with E-state index < -0.39 is 0 Å². The predicted molar refractivity (Wildman–Crippen MR) is 80.2 cm³/mol. The second-order valence-corrected chi connectivity index (χ2v) is 6.08. The summed E-state index contributed by atoms with van der Waals surface area (Å²) in [5.74, 6) is 0.918. The van der Waals surface area contributed by atoms with Crippen LogP contribution in [0.4, 0.5) is 0 Å². The van der Waals surface area contributed by atoms with Crippen LogP contribution in [0.1, 0.15) is 47.0 Å². The lowest BCUT2D eigenvalue weighted by Crippen LogP contribution is -2.46. The summed E-state index contributed by atoms with van der Waals surface area (Å²) in [6.07, 6.45) is 3.60. The van der Waals surface area contributed by atoms with Crippen molar-refractivity contribution in [2.75, 3.05) is 26.2 Å². The van der Waals surface area contributed by atoms with Crippen LogP contribution in [0.25, 0.3) is 0 Å². The van der Waals surface area contributed by atoms with Crippen molar-refractivity contribution in [2.45, 2.75) is 59.0 Å². The maximum Gasteiger partial charge on any atom is 0.234 e. The molecule has 0 aromatic heterocycles. The molecule has 1 fully saturated rings. The molecule has 4 heteroatoms. The second-order valence-electron chi connectivity index (χ2n) is 6.08. The third-order valence-electron chi connectivity index (χ3n) is 3.87.